The smallest absolute Gasteiger partial charge is 0.262 e. The largest absolute Gasteiger partial charge is 0.339 e. The van der Waals surface area contributed by atoms with E-state index in [4.69, 9.17) is 0 Å². The number of hydrogen-bond donors (Lipinski definition) is 1. The summed E-state index contributed by atoms with van der Waals surface area (Å²) in [5, 5.41) is 2.61. The maximum absolute atomic E-state index is 13.2. The fourth-order valence-electron chi connectivity index (χ4n) is 4.07. The fraction of sp³-hybridized carbons (Fsp3) is 0.882. The Bertz CT molecular complexity index is 472. The Morgan fingerprint density at radius 2 is 1.67 bits per heavy atom. The SMILES string of the molecule is O=C(CCC1CCCC1)N1CCN(C(=O)C2CC(F)(F)CN2)CC1. The number of rotatable bonds is 4. The second-order valence-corrected chi connectivity index (χ2v) is 7.39. The van der Waals surface area contributed by atoms with Gasteiger partial charge in [0.05, 0.1) is 12.6 Å². The quantitative estimate of drug-likeness (QED) is 0.844. The predicted molar refractivity (Wildman–Crippen MR) is 85.7 cm³/mol. The van der Waals surface area contributed by atoms with Crippen molar-refractivity contribution in [1.29, 1.82) is 0 Å². The molecule has 7 heteroatoms. The molecule has 0 radical (unpaired) electrons. The third-order valence-electron chi connectivity index (χ3n) is 5.59. The van der Waals surface area contributed by atoms with Gasteiger partial charge in [0, 0.05) is 39.0 Å². The summed E-state index contributed by atoms with van der Waals surface area (Å²) in [6.07, 6.45) is 6.20. The highest BCUT2D eigenvalue weighted by atomic mass is 19.3. The molecule has 0 spiro atoms. The van der Waals surface area contributed by atoms with Gasteiger partial charge < -0.3 is 9.80 Å². The maximum Gasteiger partial charge on any atom is 0.262 e. The zero-order chi connectivity index (χ0) is 17.2. The van der Waals surface area contributed by atoms with E-state index in [9.17, 15) is 18.4 Å². The number of nitrogens with zero attached hydrogens (tertiary/aromatic N) is 2. The van der Waals surface area contributed by atoms with Gasteiger partial charge in [-0.3, -0.25) is 14.9 Å². The molecule has 2 heterocycles. The van der Waals surface area contributed by atoms with Crippen molar-refractivity contribution in [3.05, 3.63) is 0 Å². The highest BCUT2D eigenvalue weighted by molar-refractivity contribution is 5.83. The summed E-state index contributed by atoms with van der Waals surface area (Å²) in [6.45, 7) is 1.48. The number of carbonyl (C=O) groups is 2. The Morgan fingerprint density at radius 3 is 2.25 bits per heavy atom. The lowest BCUT2D eigenvalue weighted by molar-refractivity contribution is -0.141. The topological polar surface area (TPSA) is 52.7 Å². The van der Waals surface area contributed by atoms with Gasteiger partial charge in [-0.15, -0.1) is 0 Å². The summed E-state index contributed by atoms with van der Waals surface area (Å²) >= 11 is 0. The van der Waals surface area contributed by atoms with Gasteiger partial charge in [0.1, 0.15) is 0 Å². The van der Waals surface area contributed by atoms with E-state index < -0.39 is 24.9 Å². The highest BCUT2D eigenvalue weighted by Gasteiger charge is 2.43. The molecule has 3 aliphatic rings. The van der Waals surface area contributed by atoms with Crippen LogP contribution in [0.5, 0.6) is 0 Å². The number of nitrogens with one attached hydrogen (secondary N) is 1. The van der Waals surface area contributed by atoms with Crippen molar-refractivity contribution in [2.45, 2.75) is 56.9 Å². The molecule has 5 nitrogen and oxygen atoms in total. The normalized spacial score (nSPS) is 27.7. The van der Waals surface area contributed by atoms with Crippen LogP contribution in [-0.2, 0) is 9.59 Å². The van der Waals surface area contributed by atoms with Crippen LogP contribution >= 0.6 is 0 Å². The molecule has 1 saturated carbocycles. The van der Waals surface area contributed by atoms with E-state index in [1.807, 2.05) is 4.90 Å². The first kappa shape index (κ1) is 17.6. The second kappa shape index (κ2) is 7.33. The second-order valence-electron chi connectivity index (χ2n) is 7.39. The van der Waals surface area contributed by atoms with Crippen LogP contribution in [0.25, 0.3) is 0 Å². The summed E-state index contributed by atoms with van der Waals surface area (Å²) in [5.41, 5.74) is 0. The molecule has 1 atom stereocenters. The van der Waals surface area contributed by atoms with Crippen LogP contribution in [0.2, 0.25) is 0 Å². The van der Waals surface area contributed by atoms with E-state index in [2.05, 4.69) is 5.32 Å². The number of carbonyl (C=O) groups excluding carboxylic acids is 2. The summed E-state index contributed by atoms with van der Waals surface area (Å²) in [4.78, 5) is 28.0. The molecular weight excluding hydrogens is 316 g/mol. The molecule has 0 aromatic rings. The van der Waals surface area contributed by atoms with Gasteiger partial charge in [0.2, 0.25) is 11.8 Å². The summed E-state index contributed by atoms with van der Waals surface area (Å²) < 4.78 is 26.4. The van der Waals surface area contributed by atoms with Gasteiger partial charge in [-0.25, -0.2) is 8.78 Å². The molecule has 2 aliphatic heterocycles. The van der Waals surface area contributed by atoms with E-state index >= 15 is 0 Å². The van der Waals surface area contributed by atoms with Crippen molar-refractivity contribution < 1.29 is 18.4 Å². The van der Waals surface area contributed by atoms with E-state index in [1.54, 1.807) is 4.90 Å². The van der Waals surface area contributed by atoms with Crippen molar-refractivity contribution in [2.75, 3.05) is 32.7 Å². The van der Waals surface area contributed by atoms with Crippen molar-refractivity contribution in [3.8, 4) is 0 Å². The van der Waals surface area contributed by atoms with Gasteiger partial charge in [-0.2, -0.15) is 0 Å². The van der Waals surface area contributed by atoms with E-state index in [0.717, 1.165) is 6.42 Å². The third kappa shape index (κ3) is 4.23. The lowest BCUT2D eigenvalue weighted by Gasteiger charge is -2.36. The third-order valence-corrected chi connectivity index (χ3v) is 5.59. The number of amides is 2. The van der Waals surface area contributed by atoms with Crippen molar-refractivity contribution >= 4 is 11.8 Å². The molecule has 0 aromatic heterocycles. The van der Waals surface area contributed by atoms with Crippen LogP contribution in [-0.4, -0.2) is 66.3 Å². The van der Waals surface area contributed by atoms with Crippen molar-refractivity contribution in [3.63, 3.8) is 0 Å². The van der Waals surface area contributed by atoms with Gasteiger partial charge in [0.15, 0.2) is 0 Å². The van der Waals surface area contributed by atoms with E-state index in [1.165, 1.54) is 25.7 Å². The van der Waals surface area contributed by atoms with E-state index in [0.29, 0.717) is 38.5 Å². The Hall–Kier alpha value is -1.24. The van der Waals surface area contributed by atoms with Crippen LogP contribution < -0.4 is 5.32 Å². The monoisotopic (exact) mass is 343 g/mol. The summed E-state index contributed by atoms with van der Waals surface area (Å²) in [5.74, 6) is -2.19. The van der Waals surface area contributed by atoms with Crippen LogP contribution in [0.3, 0.4) is 0 Å². The molecule has 0 bridgehead atoms. The van der Waals surface area contributed by atoms with Crippen LogP contribution in [0, 0.1) is 5.92 Å². The minimum absolute atomic E-state index is 0.166. The minimum Gasteiger partial charge on any atom is -0.339 e. The van der Waals surface area contributed by atoms with Gasteiger partial charge >= 0.3 is 0 Å². The first-order valence-corrected chi connectivity index (χ1v) is 9.12. The van der Waals surface area contributed by atoms with Crippen molar-refractivity contribution in [2.24, 2.45) is 5.92 Å². The van der Waals surface area contributed by atoms with E-state index in [-0.39, 0.29) is 11.8 Å². The molecule has 1 N–H and O–H groups in total. The number of halogens is 2. The molecule has 24 heavy (non-hydrogen) atoms. The number of hydrogen-bond acceptors (Lipinski definition) is 3. The fourth-order valence-corrected chi connectivity index (χ4v) is 4.07. The van der Waals surface area contributed by atoms with Crippen molar-refractivity contribution in [1.82, 2.24) is 15.1 Å². The molecule has 1 aliphatic carbocycles. The Morgan fingerprint density at radius 1 is 1.04 bits per heavy atom. The average Bonchev–Trinajstić information content (AvgIpc) is 3.21. The van der Waals surface area contributed by atoms with Crippen LogP contribution in [0.1, 0.15) is 44.9 Å². The van der Waals surface area contributed by atoms with Gasteiger partial charge in [-0.1, -0.05) is 25.7 Å². The molecule has 0 aromatic carbocycles. The Kier molecular flexibility index (Phi) is 5.37. The first-order valence-electron chi connectivity index (χ1n) is 9.12. The molecule has 136 valence electrons. The molecule has 1 unspecified atom stereocenters. The number of alkyl halides is 2. The zero-order valence-corrected chi connectivity index (χ0v) is 14.1. The first-order chi connectivity index (χ1) is 11.4. The summed E-state index contributed by atoms with van der Waals surface area (Å²) in [6, 6.07) is -0.787. The maximum atomic E-state index is 13.2. The minimum atomic E-state index is -2.79. The average molecular weight is 343 g/mol. The zero-order valence-electron chi connectivity index (χ0n) is 14.1. The Labute approximate surface area is 141 Å². The van der Waals surface area contributed by atoms with Crippen LogP contribution in [0.15, 0.2) is 0 Å². The standard InChI is InChI=1S/C17H27F2N3O2/c18-17(19)11-14(20-12-17)16(24)22-9-7-21(8-10-22)15(23)6-5-13-3-1-2-4-13/h13-14,20H,1-12H2. The number of piperazine rings is 1. The van der Waals surface area contributed by atoms with Crippen LogP contribution in [0.4, 0.5) is 8.78 Å². The lowest BCUT2D eigenvalue weighted by atomic mass is 10.0. The Balaban J connectivity index is 1.40. The molecule has 2 saturated heterocycles. The van der Waals surface area contributed by atoms with Gasteiger partial charge in [-0.05, 0) is 12.3 Å². The lowest BCUT2D eigenvalue weighted by Crippen LogP contribution is -2.54. The molecular formula is C17H27F2N3O2. The molecule has 3 rings (SSSR count). The molecule has 3 fully saturated rings. The summed E-state index contributed by atoms with van der Waals surface area (Å²) in [7, 11) is 0. The predicted octanol–water partition coefficient (Wildman–Crippen LogP) is 1.62. The molecule has 2 amide bonds. The van der Waals surface area contributed by atoms with Gasteiger partial charge in [0.25, 0.3) is 5.92 Å². The highest BCUT2D eigenvalue weighted by Crippen LogP contribution is 2.29.